The van der Waals surface area contributed by atoms with Crippen molar-refractivity contribution in [2.24, 2.45) is 0 Å². The number of nitrogens with zero attached hydrogens (tertiary/aromatic N) is 2. The first-order valence-corrected chi connectivity index (χ1v) is 6.06. The minimum absolute atomic E-state index is 0.321. The number of hydrogen-bond donors (Lipinski definition) is 2. The van der Waals surface area contributed by atoms with Crippen LogP contribution in [0.1, 0.15) is 27.3 Å². The Hall–Kier alpha value is -2.34. The van der Waals surface area contributed by atoms with E-state index < -0.39 is 11.8 Å². The SMILES string of the molecule is Cc1cnc(CNCc2ccc(C(=O)O)c(F)c2)cn1. The smallest absolute Gasteiger partial charge is 0.338 e. The normalized spacial score (nSPS) is 10.5. The van der Waals surface area contributed by atoms with Crippen molar-refractivity contribution in [2.45, 2.75) is 20.0 Å². The lowest BCUT2D eigenvalue weighted by Crippen LogP contribution is -2.14. The molecule has 20 heavy (non-hydrogen) atoms. The van der Waals surface area contributed by atoms with E-state index in [0.717, 1.165) is 11.4 Å². The van der Waals surface area contributed by atoms with Crippen LogP contribution in [0.5, 0.6) is 0 Å². The molecule has 1 heterocycles. The first kappa shape index (κ1) is 14.1. The molecule has 0 radical (unpaired) electrons. The molecule has 2 aromatic rings. The molecule has 0 spiro atoms. The fourth-order valence-electron chi connectivity index (χ4n) is 1.69. The monoisotopic (exact) mass is 275 g/mol. The molecule has 5 nitrogen and oxygen atoms in total. The zero-order valence-corrected chi connectivity index (χ0v) is 10.9. The fraction of sp³-hybridized carbons (Fsp3) is 0.214. The molecule has 0 saturated heterocycles. The van der Waals surface area contributed by atoms with Crippen molar-refractivity contribution in [2.75, 3.05) is 0 Å². The number of nitrogens with one attached hydrogen (secondary N) is 1. The van der Waals surface area contributed by atoms with E-state index in [1.54, 1.807) is 18.5 Å². The molecule has 1 aromatic heterocycles. The van der Waals surface area contributed by atoms with E-state index >= 15 is 0 Å². The molecular formula is C14H14FN3O2. The van der Waals surface area contributed by atoms with E-state index in [1.165, 1.54) is 12.1 Å². The number of halogens is 1. The van der Waals surface area contributed by atoms with E-state index in [2.05, 4.69) is 15.3 Å². The lowest BCUT2D eigenvalue weighted by atomic mass is 10.1. The molecule has 0 amide bonds. The van der Waals surface area contributed by atoms with Gasteiger partial charge in [-0.25, -0.2) is 9.18 Å². The number of aromatic carboxylic acids is 1. The standard InChI is InChI=1S/C14H14FN3O2/c1-9-5-18-11(8-17-9)7-16-6-10-2-3-12(14(19)20)13(15)4-10/h2-5,8,16H,6-7H2,1H3,(H,19,20). The maximum Gasteiger partial charge on any atom is 0.338 e. The Labute approximate surface area is 115 Å². The van der Waals surface area contributed by atoms with Crippen molar-refractivity contribution < 1.29 is 14.3 Å². The lowest BCUT2D eigenvalue weighted by Gasteiger charge is -2.06. The van der Waals surface area contributed by atoms with Gasteiger partial charge in [0, 0.05) is 25.5 Å². The van der Waals surface area contributed by atoms with E-state index in [0.29, 0.717) is 18.7 Å². The van der Waals surface area contributed by atoms with E-state index in [9.17, 15) is 9.18 Å². The van der Waals surface area contributed by atoms with Crippen LogP contribution in [0.15, 0.2) is 30.6 Å². The Kier molecular flexibility index (Phi) is 4.37. The molecule has 2 rings (SSSR count). The summed E-state index contributed by atoms with van der Waals surface area (Å²) >= 11 is 0. The maximum absolute atomic E-state index is 13.5. The number of rotatable bonds is 5. The van der Waals surface area contributed by atoms with Gasteiger partial charge in [0.1, 0.15) is 5.82 Å². The molecule has 0 aliphatic carbocycles. The molecule has 6 heteroatoms. The Morgan fingerprint density at radius 1 is 1.30 bits per heavy atom. The number of carboxylic acids is 1. The molecule has 104 valence electrons. The summed E-state index contributed by atoms with van der Waals surface area (Å²) in [6.07, 6.45) is 3.36. The number of aryl methyl sites for hydroxylation is 1. The summed E-state index contributed by atoms with van der Waals surface area (Å²) in [7, 11) is 0. The Bertz CT molecular complexity index is 614. The van der Waals surface area contributed by atoms with Gasteiger partial charge in [-0.1, -0.05) is 6.07 Å². The summed E-state index contributed by atoms with van der Waals surface area (Å²) in [6, 6.07) is 4.07. The van der Waals surface area contributed by atoms with Crippen LogP contribution in [0.3, 0.4) is 0 Å². The van der Waals surface area contributed by atoms with Gasteiger partial charge in [0.05, 0.1) is 17.0 Å². The van der Waals surface area contributed by atoms with Crippen LogP contribution in [0, 0.1) is 12.7 Å². The largest absolute Gasteiger partial charge is 0.478 e. The molecule has 0 fully saturated rings. The van der Waals surface area contributed by atoms with Gasteiger partial charge in [0.2, 0.25) is 0 Å². The van der Waals surface area contributed by atoms with Crippen LogP contribution in [0.25, 0.3) is 0 Å². The number of benzene rings is 1. The van der Waals surface area contributed by atoms with Crippen LogP contribution in [0.2, 0.25) is 0 Å². The van der Waals surface area contributed by atoms with Gasteiger partial charge in [-0.2, -0.15) is 0 Å². The third-order valence-corrected chi connectivity index (χ3v) is 2.73. The van der Waals surface area contributed by atoms with E-state index in [-0.39, 0.29) is 5.56 Å². The van der Waals surface area contributed by atoms with Crippen LogP contribution in [0.4, 0.5) is 4.39 Å². The second-order valence-electron chi connectivity index (χ2n) is 4.37. The summed E-state index contributed by atoms with van der Waals surface area (Å²) in [5, 5.41) is 11.8. The van der Waals surface area contributed by atoms with Crippen molar-refractivity contribution in [3.05, 3.63) is 58.9 Å². The lowest BCUT2D eigenvalue weighted by molar-refractivity contribution is 0.0692. The highest BCUT2D eigenvalue weighted by molar-refractivity contribution is 5.87. The predicted octanol–water partition coefficient (Wildman–Crippen LogP) is 1.91. The highest BCUT2D eigenvalue weighted by Gasteiger charge is 2.10. The van der Waals surface area contributed by atoms with Crippen LogP contribution < -0.4 is 5.32 Å². The molecule has 0 bridgehead atoms. The second-order valence-corrected chi connectivity index (χ2v) is 4.37. The quantitative estimate of drug-likeness (QED) is 0.871. The Morgan fingerprint density at radius 3 is 2.70 bits per heavy atom. The number of carboxylic acid groups (broad SMARTS) is 1. The van der Waals surface area contributed by atoms with Gasteiger partial charge in [-0.15, -0.1) is 0 Å². The topological polar surface area (TPSA) is 75.1 Å². The summed E-state index contributed by atoms with van der Waals surface area (Å²) in [6.45, 7) is 2.79. The average molecular weight is 275 g/mol. The first-order chi connectivity index (χ1) is 9.56. The molecule has 1 aromatic carbocycles. The van der Waals surface area contributed by atoms with Crippen LogP contribution >= 0.6 is 0 Å². The average Bonchev–Trinajstić information content (AvgIpc) is 2.41. The van der Waals surface area contributed by atoms with Gasteiger partial charge in [0.25, 0.3) is 0 Å². The molecule has 0 atom stereocenters. The van der Waals surface area contributed by atoms with Crippen molar-refractivity contribution in [3.8, 4) is 0 Å². The first-order valence-electron chi connectivity index (χ1n) is 6.06. The third-order valence-electron chi connectivity index (χ3n) is 2.73. The van der Waals surface area contributed by atoms with Gasteiger partial charge >= 0.3 is 5.97 Å². The molecule has 0 aliphatic rings. The zero-order chi connectivity index (χ0) is 14.5. The van der Waals surface area contributed by atoms with Gasteiger partial charge in [-0.05, 0) is 24.6 Å². The number of aromatic nitrogens is 2. The van der Waals surface area contributed by atoms with Crippen LogP contribution in [-0.2, 0) is 13.1 Å². The molecule has 0 unspecified atom stereocenters. The number of carbonyl (C=O) groups is 1. The van der Waals surface area contributed by atoms with E-state index in [1.807, 2.05) is 6.92 Å². The van der Waals surface area contributed by atoms with Gasteiger partial charge in [0.15, 0.2) is 0 Å². The van der Waals surface area contributed by atoms with Crippen molar-refractivity contribution in [1.82, 2.24) is 15.3 Å². The summed E-state index contributed by atoms with van der Waals surface area (Å²) < 4.78 is 13.5. The summed E-state index contributed by atoms with van der Waals surface area (Å²) in [5.74, 6) is -2.00. The Balaban J connectivity index is 1.92. The molecular weight excluding hydrogens is 261 g/mol. The second kappa shape index (κ2) is 6.21. The van der Waals surface area contributed by atoms with Crippen molar-refractivity contribution >= 4 is 5.97 Å². The fourth-order valence-corrected chi connectivity index (χ4v) is 1.69. The predicted molar refractivity (Wildman–Crippen MR) is 70.7 cm³/mol. The molecule has 0 aliphatic heterocycles. The molecule has 0 saturated carbocycles. The minimum atomic E-state index is -1.27. The van der Waals surface area contributed by atoms with Crippen LogP contribution in [-0.4, -0.2) is 21.0 Å². The minimum Gasteiger partial charge on any atom is -0.478 e. The summed E-state index contributed by atoms with van der Waals surface area (Å²) in [5.41, 5.74) is 1.99. The molecule has 2 N–H and O–H groups in total. The van der Waals surface area contributed by atoms with Gasteiger partial charge in [-0.3, -0.25) is 9.97 Å². The number of hydrogen-bond acceptors (Lipinski definition) is 4. The highest BCUT2D eigenvalue weighted by atomic mass is 19.1. The third kappa shape index (κ3) is 3.58. The zero-order valence-electron chi connectivity index (χ0n) is 10.9. The van der Waals surface area contributed by atoms with Crippen molar-refractivity contribution in [3.63, 3.8) is 0 Å². The highest BCUT2D eigenvalue weighted by Crippen LogP contribution is 2.10. The Morgan fingerprint density at radius 2 is 2.10 bits per heavy atom. The van der Waals surface area contributed by atoms with Gasteiger partial charge < -0.3 is 10.4 Å². The summed E-state index contributed by atoms with van der Waals surface area (Å²) in [4.78, 5) is 19.0. The maximum atomic E-state index is 13.5. The van der Waals surface area contributed by atoms with Crippen molar-refractivity contribution in [1.29, 1.82) is 0 Å². The van der Waals surface area contributed by atoms with E-state index in [4.69, 9.17) is 5.11 Å².